The Kier molecular flexibility index (Phi) is 19.1. The summed E-state index contributed by atoms with van der Waals surface area (Å²) in [5.74, 6) is -0.401. The van der Waals surface area contributed by atoms with E-state index in [9.17, 15) is 4.79 Å². The van der Waals surface area contributed by atoms with Crippen molar-refractivity contribution in [2.24, 2.45) is 0 Å². The maximum atomic E-state index is 10.5. The van der Waals surface area contributed by atoms with E-state index in [2.05, 4.69) is 6.92 Å². The first kappa shape index (κ1) is 22.5. The fourth-order valence-electron chi connectivity index (χ4n) is 3.19. The van der Waals surface area contributed by atoms with E-state index < -0.39 is 5.91 Å². The molecule has 2 nitrogen and oxygen atoms in total. The van der Waals surface area contributed by atoms with Gasteiger partial charge in [0.05, 0.1) is 0 Å². The summed E-state index contributed by atoms with van der Waals surface area (Å²) in [6.07, 6.45) is 25.0. The van der Waals surface area contributed by atoms with Gasteiger partial charge in [-0.1, -0.05) is 116 Å². The number of nitrogens with one attached hydrogen (secondary N) is 1. The topological polar surface area (TPSA) is 40.9 Å². The highest BCUT2D eigenvalue weighted by Crippen LogP contribution is 2.14. The monoisotopic (exact) mass is 324 g/mol. The largest absolute Gasteiger partial charge is 0.273 e. The Morgan fingerprint density at radius 3 is 1.04 bits per heavy atom. The Morgan fingerprint density at radius 2 is 0.783 bits per heavy atom. The first-order valence-electron chi connectivity index (χ1n) is 10.5. The van der Waals surface area contributed by atoms with Crippen molar-refractivity contribution in [3.05, 3.63) is 0 Å². The number of rotatable bonds is 19. The van der Waals surface area contributed by atoms with Crippen LogP contribution in [-0.2, 0) is 4.79 Å². The second-order valence-corrected chi connectivity index (χ2v) is 7.18. The smallest absolute Gasteiger partial charge is 0.238 e. The van der Waals surface area contributed by atoms with E-state index in [0.29, 0.717) is 6.42 Å². The Hall–Kier alpha value is -0.530. The van der Waals surface area contributed by atoms with E-state index in [-0.39, 0.29) is 0 Å². The highest BCUT2D eigenvalue weighted by Gasteiger charge is 1.96. The lowest BCUT2D eigenvalue weighted by atomic mass is 10.0. The van der Waals surface area contributed by atoms with E-state index in [1.165, 1.54) is 103 Å². The van der Waals surface area contributed by atoms with Crippen molar-refractivity contribution in [3.8, 4) is 0 Å². The van der Waals surface area contributed by atoms with Crippen LogP contribution in [0.15, 0.2) is 0 Å². The summed E-state index contributed by atoms with van der Waals surface area (Å²) in [5.41, 5.74) is 6.84. The molecule has 2 heteroatoms. The van der Waals surface area contributed by atoms with Crippen molar-refractivity contribution in [1.29, 1.82) is 0 Å². The van der Waals surface area contributed by atoms with Crippen molar-refractivity contribution in [3.63, 3.8) is 0 Å². The molecular formula is C21H42NO. The minimum atomic E-state index is -0.401. The van der Waals surface area contributed by atoms with Gasteiger partial charge in [0, 0.05) is 6.42 Å². The molecule has 23 heavy (non-hydrogen) atoms. The van der Waals surface area contributed by atoms with Gasteiger partial charge in [0.1, 0.15) is 0 Å². The Bertz CT molecular complexity index is 240. The number of carbonyl (C=O) groups excluding carboxylic acids is 1. The molecule has 1 amide bonds. The van der Waals surface area contributed by atoms with E-state index in [1.807, 2.05) is 0 Å². The zero-order valence-electron chi connectivity index (χ0n) is 15.8. The minimum Gasteiger partial charge on any atom is -0.273 e. The zero-order chi connectivity index (χ0) is 17.0. The fourth-order valence-corrected chi connectivity index (χ4v) is 3.19. The maximum Gasteiger partial charge on any atom is 0.238 e. The van der Waals surface area contributed by atoms with Gasteiger partial charge in [-0.25, -0.2) is 0 Å². The minimum absolute atomic E-state index is 0.401. The van der Waals surface area contributed by atoms with E-state index in [1.54, 1.807) is 0 Å². The van der Waals surface area contributed by atoms with Gasteiger partial charge < -0.3 is 0 Å². The molecule has 0 atom stereocenters. The Balaban J connectivity index is 2.96. The molecule has 1 radical (unpaired) electrons. The van der Waals surface area contributed by atoms with Gasteiger partial charge in [-0.3, -0.25) is 10.5 Å². The van der Waals surface area contributed by atoms with Gasteiger partial charge in [-0.15, -0.1) is 0 Å². The summed E-state index contributed by atoms with van der Waals surface area (Å²) in [5, 5.41) is 0. The lowest BCUT2D eigenvalue weighted by Gasteiger charge is -2.03. The van der Waals surface area contributed by atoms with Crippen LogP contribution in [0.3, 0.4) is 0 Å². The van der Waals surface area contributed by atoms with Gasteiger partial charge in [0.2, 0.25) is 5.91 Å². The summed E-state index contributed by atoms with van der Waals surface area (Å²) < 4.78 is 0. The molecule has 0 fully saturated rings. The van der Waals surface area contributed by atoms with E-state index >= 15 is 0 Å². The van der Waals surface area contributed by atoms with Crippen LogP contribution < -0.4 is 5.73 Å². The highest BCUT2D eigenvalue weighted by molar-refractivity contribution is 5.72. The molecule has 137 valence electrons. The quantitative estimate of drug-likeness (QED) is 0.231. The molecule has 0 heterocycles. The molecule has 0 aromatic carbocycles. The second-order valence-electron chi connectivity index (χ2n) is 7.18. The molecule has 0 unspecified atom stereocenters. The molecule has 0 saturated heterocycles. The normalized spacial score (nSPS) is 11.0. The van der Waals surface area contributed by atoms with Gasteiger partial charge in [-0.2, -0.15) is 0 Å². The molecule has 0 aromatic rings. The zero-order valence-corrected chi connectivity index (χ0v) is 15.8. The van der Waals surface area contributed by atoms with Crippen molar-refractivity contribution in [1.82, 2.24) is 5.73 Å². The van der Waals surface area contributed by atoms with Crippen LogP contribution in [0.25, 0.3) is 0 Å². The number of hydrogen-bond donors (Lipinski definition) is 0. The summed E-state index contributed by atoms with van der Waals surface area (Å²) in [6.45, 7) is 2.28. The van der Waals surface area contributed by atoms with Crippen LogP contribution in [0.1, 0.15) is 129 Å². The Labute approximate surface area is 146 Å². The number of unbranched alkanes of at least 4 members (excludes halogenated alkanes) is 17. The number of carbonyl (C=O) groups is 1. The molecule has 0 saturated carbocycles. The number of hydrogen-bond acceptors (Lipinski definition) is 1. The molecule has 0 aliphatic heterocycles. The molecule has 0 aliphatic rings. The lowest BCUT2D eigenvalue weighted by molar-refractivity contribution is -0.118. The summed E-state index contributed by atoms with van der Waals surface area (Å²) >= 11 is 0. The first-order chi connectivity index (χ1) is 11.3. The molecule has 0 aliphatic carbocycles. The summed E-state index contributed by atoms with van der Waals surface area (Å²) in [7, 11) is 0. The van der Waals surface area contributed by atoms with Crippen molar-refractivity contribution in [2.45, 2.75) is 129 Å². The Morgan fingerprint density at radius 1 is 0.522 bits per heavy atom. The average molecular weight is 325 g/mol. The van der Waals surface area contributed by atoms with Crippen LogP contribution in [0.2, 0.25) is 0 Å². The summed E-state index contributed by atoms with van der Waals surface area (Å²) in [4.78, 5) is 10.5. The van der Waals surface area contributed by atoms with Gasteiger partial charge >= 0.3 is 0 Å². The third-order valence-corrected chi connectivity index (χ3v) is 4.76. The lowest BCUT2D eigenvalue weighted by Crippen LogP contribution is -1.96. The SMILES string of the molecule is CCCCCCCCCCCCCCCCCCCCC([NH])=O. The van der Waals surface area contributed by atoms with Crippen LogP contribution in [0, 0.1) is 0 Å². The fraction of sp³-hybridized carbons (Fsp3) is 0.952. The molecule has 1 N–H and O–H groups in total. The molecule has 0 spiro atoms. The summed E-state index contributed by atoms with van der Waals surface area (Å²) in [6, 6.07) is 0. The first-order valence-corrected chi connectivity index (χ1v) is 10.5. The van der Waals surface area contributed by atoms with Gasteiger partial charge in [-0.05, 0) is 6.42 Å². The van der Waals surface area contributed by atoms with Crippen LogP contribution >= 0.6 is 0 Å². The van der Waals surface area contributed by atoms with Crippen LogP contribution in [0.5, 0.6) is 0 Å². The highest BCUT2D eigenvalue weighted by atomic mass is 16.1. The third kappa shape index (κ3) is 21.5. The van der Waals surface area contributed by atoms with Gasteiger partial charge in [0.15, 0.2) is 0 Å². The molecular weight excluding hydrogens is 282 g/mol. The van der Waals surface area contributed by atoms with Crippen LogP contribution in [0.4, 0.5) is 0 Å². The molecule has 0 aromatic heterocycles. The van der Waals surface area contributed by atoms with Crippen molar-refractivity contribution in [2.75, 3.05) is 0 Å². The predicted octanol–water partition coefficient (Wildman–Crippen LogP) is 7.23. The molecule has 0 rings (SSSR count). The second kappa shape index (κ2) is 19.5. The third-order valence-electron chi connectivity index (χ3n) is 4.76. The van der Waals surface area contributed by atoms with Crippen LogP contribution in [-0.4, -0.2) is 5.91 Å². The van der Waals surface area contributed by atoms with Crippen molar-refractivity contribution < 1.29 is 4.79 Å². The number of amides is 1. The van der Waals surface area contributed by atoms with E-state index in [4.69, 9.17) is 5.73 Å². The average Bonchev–Trinajstić information content (AvgIpc) is 2.53. The van der Waals surface area contributed by atoms with Gasteiger partial charge in [0.25, 0.3) is 0 Å². The maximum absolute atomic E-state index is 10.5. The molecule has 0 bridgehead atoms. The van der Waals surface area contributed by atoms with E-state index in [0.717, 1.165) is 12.8 Å². The van der Waals surface area contributed by atoms with Crippen molar-refractivity contribution >= 4 is 5.91 Å². The predicted molar refractivity (Wildman–Crippen MR) is 102 cm³/mol. The standard InChI is InChI=1S/C21H42NO/c1-2-3-4-5-6-7-8-9-10-11-12-13-14-15-16-17-18-19-20-21(22)23/h22H,2-20H2,1H3.